The number of nitrogens with one attached hydrogen (secondary N) is 2. The zero-order valence-electron chi connectivity index (χ0n) is 13.7. The molecule has 0 aliphatic heterocycles. The minimum atomic E-state index is 0. The summed E-state index contributed by atoms with van der Waals surface area (Å²) in [5, 5.41) is 11.0. The van der Waals surface area contributed by atoms with Gasteiger partial charge in [0.15, 0.2) is 5.96 Å². The summed E-state index contributed by atoms with van der Waals surface area (Å²) in [7, 11) is 1.82. The summed E-state index contributed by atoms with van der Waals surface area (Å²) in [6.45, 7) is 9.48. The molecule has 1 aromatic heterocycles. The lowest BCUT2D eigenvalue weighted by atomic mass is 10.0. The van der Waals surface area contributed by atoms with Gasteiger partial charge in [-0.3, -0.25) is 9.67 Å². The minimum absolute atomic E-state index is 0. The Morgan fingerprint density at radius 1 is 1.24 bits per heavy atom. The van der Waals surface area contributed by atoms with Crippen LogP contribution in [0.25, 0.3) is 0 Å². The van der Waals surface area contributed by atoms with Crippen LogP contribution in [0.4, 0.5) is 0 Å². The Balaban J connectivity index is 0.00000400. The first-order valence-electron chi connectivity index (χ1n) is 7.61. The van der Waals surface area contributed by atoms with E-state index in [0.29, 0.717) is 5.92 Å². The molecule has 5 nitrogen and oxygen atoms in total. The molecule has 0 saturated heterocycles. The van der Waals surface area contributed by atoms with Gasteiger partial charge in [-0.05, 0) is 17.9 Å². The topological polar surface area (TPSA) is 54.2 Å². The van der Waals surface area contributed by atoms with Gasteiger partial charge in [-0.15, -0.1) is 24.0 Å². The second-order valence-corrected chi connectivity index (χ2v) is 5.35. The van der Waals surface area contributed by atoms with Gasteiger partial charge in [0.1, 0.15) is 0 Å². The summed E-state index contributed by atoms with van der Waals surface area (Å²) >= 11 is 0. The average molecular weight is 407 g/mol. The zero-order chi connectivity index (χ0) is 14.8. The van der Waals surface area contributed by atoms with E-state index in [-0.39, 0.29) is 24.0 Å². The van der Waals surface area contributed by atoms with Crippen molar-refractivity contribution in [2.24, 2.45) is 16.8 Å². The third-order valence-electron chi connectivity index (χ3n) is 3.61. The van der Waals surface area contributed by atoms with Crippen LogP contribution in [0.1, 0.15) is 33.6 Å². The van der Waals surface area contributed by atoms with Crippen LogP contribution >= 0.6 is 24.0 Å². The van der Waals surface area contributed by atoms with Crippen LogP contribution in [0, 0.1) is 11.8 Å². The van der Waals surface area contributed by atoms with Crippen molar-refractivity contribution in [1.29, 1.82) is 0 Å². The van der Waals surface area contributed by atoms with E-state index in [1.165, 1.54) is 12.8 Å². The van der Waals surface area contributed by atoms with Gasteiger partial charge in [-0.2, -0.15) is 5.10 Å². The third kappa shape index (κ3) is 8.28. The maximum absolute atomic E-state index is 4.27. The number of rotatable bonds is 8. The Morgan fingerprint density at radius 2 is 1.90 bits per heavy atom. The summed E-state index contributed by atoms with van der Waals surface area (Å²) in [5.41, 5.74) is 0. The number of guanidine groups is 1. The maximum Gasteiger partial charge on any atom is 0.190 e. The Morgan fingerprint density at radius 3 is 2.43 bits per heavy atom. The monoisotopic (exact) mass is 407 g/mol. The van der Waals surface area contributed by atoms with Crippen molar-refractivity contribution < 1.29 is 0 Å². The highest BCUT2D eigenvalue weighted by molar-refractivity contribution is 14.0. The minimum Gasteiger partial charge on any atom is -0.356 e. The molecule has 1 rings (SSSR count). The van der Waals surface area contributed by atoms with Gasteiger partial charge in [-0.1, -0.05) is 33.6 Å². The first-order valence-corrected chi connectivity index (χ1v) is 7.61. The largest absolute Gasteiger partial charge is 0.356 e. The molecular weight excluding hydrogens is 377 g/mol. The molecule has 0 bridgehead atoms. The highest BCUT2D eigenvalue weighted by Crippen LogP contribution is 2.04. The quantitative estimate of drug-likeness (QED) is 0.396. The zero-order valence-corrected chi connectivity index (χ0v) is 16.0. The number of nitrogens with zero attached hydrogens (tertiary/aromatic N) is 3. The van der Waals surface area contributed by atoms with Gasteiger partial charge in [0, 0.05) is 39.1 Å². The molecule has 0 aliphatic carbocycles. The van der Waals surface area contributed by atoms with Crippen LogP contribution in [0.5, 0.6) is 0 Å². The van der Waals surface area contributed by atoms with E-state index in [2.05, 4.69) is 41.5 Å². The molecule has 0 spiro atoms. The molecule has 1 atom stereocenters. The summed E-state index contributed by atoms with van der Waals surface area (Å²) in [6, 6.07) is 1.95. The van der Waals surface area contributed by atoms with E-state index in [1.807, 2.05) is 30.2 Å². The normalized spacial score (nSPS) is 12.9. The molecular formula is C15H30IN5. The number of aromatic nitrogens is 2. The summed E-state index contributed by atoms with van der Waals surface area (Å²) < 4.78 is 1.97. The number of hydrogen-bond donors (Lipinski definition) is 2. The van der Waals surface area contributed by atoms with Crippen molar-refractivity contribution in [3.63, 3.8) is 0 Å². The van der Waals surface area contributed by atoms with E-state index in [9.17, 15) is 0 Å². The van der Waals surface area contributed by atoms with E-state index < -0.39 is 0 Å². The number of halogens is 1. The SMILES string of the molecule is CCC(CC)CNC(=NC)NCC(C)Cn1cccn1.I. The van der Waals surface area contributed by atoms with Gasteiger partial charge in [0.05, 0.1) is 0 Å². The molecule has 122 valence electrons. The van der Waals surface area contributed by atoms with Crippen LogP contribution in [0.15, 0.2) is 23.5 Å². The first kappa shape index (κ1) is 20.2. The standard InChI is InChI=1S/C15H29N5.HI/c1-5-14(6-2)11-18-15(16-4)17-10-13(3)12-20-9-7-8-19-20;/h7-9,13-14H,5-6,10-12H2,1-4H3,(H2,16,17,18);1H. The van der Waals surface area contributed by atoms with E-state index in [0.717, 1.165) is 31.5 Å². The van der Waals surface area contributed by atoms with Crippen LogP contribution in [0.2, 0.25) is 0 Å². The highest BCUT2D eigenvalue weighted by Gasteiger charge is 2.07. The Hall–Kier alpha value is -0.790. The fourth-order valence-electron chi connectivity index (χ4n) is 2.10. The van der Waals surface area contributed by atoms with E-state index in [1.54, 1.807) is 0 Å². The smallest absolute Gasteiger partial charge is 0.190 e. The Kier molecular flexibility index (Phi) is 11.4. The van der Waals surface area contributed by atoms with Crippen molar-refractivity contribution in [2.75, 3.05) is 20.1 Å². The van der Waals surface area contributed by atoms with Crippen LogP contribution in [-0.2, 0) is 6.54 Å². The number of aliphatic imine (C=N–C) groups is 1. The summed E-state index contributed by atoms with van der Waals surface area (Å²) in [4.78, 5) is 4.27. The third-order valence-corrected chi connectivity index (χ3v) is 3.61. The molecule has 2 N–H and O–H groups in total. The second-order valence-electron chi connectivity index (χ2n) is 5.35. The lowest BCUT2D eigenvalue weighted by Crippen LogP contribution is -2.41. The molecule has 6 heteroatoms. The van der Waals surface area contributed by atoms with Crippen molar-refractivity contribution in [1.82, 2.24) is 20.4 Å². The molecule has 1 unspecified atom stereocenters. The van der Waals surface area contributed by atoms with Gasteiger partial charge < -0.3 is 10.6 Å². The van der Waals surface area contributed by atoms with Gasteiger partial charge in [0.25, 0.3) is 0 Å². The molecule has 1 aromatic rings. The fraction of sp³-hybridized carbons (Fsp3) is 0.733. The van der Waals surface area contributed by atoms with Crippen molar-refractivity contribution >= 4 is 29.9 Å². The van der Waals surface area contributed by atoms with Crippen molar-refractivity contribution in [3.8, 4) is 0 Å². The molecule has 0 aromatic carbocycles. The lowest BCUT2D eigenvalue weighted by Gasteiger charge is -2.18. The van der Waals surface area contributed by atoms with Crippen molar-refractivity contribution in [2.45, 2.75) is 40.2 Å². The average Bonchev–Trinajstić information content (AvgIpc) is 2.96. The summed E-state index contributed by atoms with van der Waals surface area (Å²) in [5.74, 6) is 2.11. The Bertz CT molecular complexity index is 373. The highest BCUT2D eigenvalue weighted by atomic mass is 127. The van der Waals surface area contributed by atoms with E-state index >= 15 is 0 Å². The number of hydrogen-bond acceptors (Lipinski definition) is 2. The predicted octanol–water partition coefficient (Wildman–Crippen LogP) is 2.74. The van der Waals surface area contributed by atoms with Gasteiger partial charge in [-0.25, -0.2) is 0 Å². The molecule has 0 fully saturated rings. The fourth-order valence-corrected chi connectivity index (χ4v) is 2.10. The van der Waals surface area contributed by atoms with Crippen LogP contribution in [0.3, 0.4) is 0 Å². The van der Waals surface area contributed by atoms with Crippen molar-refractivity contribution in [3.05, 3.63) is 18.5 Å². The molecule has 0 radical (unpaired) electrons. The Labute approximate surface area is 146 Å². The molecule has 0 amide bonds. The molecule has 0 saturated carbocycles. The van der Waals surface area contributed by atoms with E-state index in [4.69, 9.17) is 0 Å². The molecule has 0 aliphatic rings. The lowest BCUT2D eigenvalue weighted by molar-refractivity contribution is 0.440. The van der Waals surface area contributed by atoms with Crippen LogP contribution in [-0.4, -0.2) is 35.9 Å². The van der Waals surface area contributed by atoms with Crippen LogP contribution < -0.4 is 10.6 Å². The molecule has 21 heavy (non-hydrogen) atoms. The summed E-state index contributed by atoms with van der Waals surface area (Å²) in [6.07, 6.45) is 6.22. The maximum atomic E-state index is 4.27. The first-order chi connectivity index (χ1) is 9.69. The van der Waals surface area contributed by atoms with Gasteiger partial charge >= 0.3 is 0 Å². The second kappa shape index (κ2) is 11.8. The predicted molar refractivity (Wildman–Crippen MR) is 100 cm³/mol. The molecule has 1 heterocycles. The van der Waals surface area contributed by atoms with Gasteiger partial charge in [0.2, 0.25) is 0 Å².